The summed E-state index contributed by atoms with van der Waals surface area (Å²) in [5.41, 5.74) is 2.07. The minimum atomic E-state index is -3.44. The second-order valence-corrected chi connectivity index (χ2v) is 9.60. The van der Waals surface area contributed by atoms with Gasteiger partial charge < -0.3 is 4.74 Å². The number of ether oxygens (including phenoxy) is 1. The molecule has 4 rings (SSSR count). The van der Waals surface area contributed by atoms with Crippen molar-refractivity contribution in [2.75, 3.05) is 13.1 Å². The molecule has 7 heteroatoms. The van der Waals surface area contributed by atoms with Crippen LogP contribution in [0.2, 0.25) is 0 Å². The number of fused-ring (bicyclic) bond motifs is 1. The molecule has 0 bridgehead atoms. The van der Waals surface area contributed by atoms with Crippen molar-refractivity contribution in [3.05, 3.63) is 54.1 Å². The van der Waals surface area contributed by atoms with Crippen LogP contribution in [-0.4, -0.2) is 36.9 Å². The zero-order chi connectivity index (χ0) is 18.9. The quantitative estimate of drug-likeness (QED) is 0.645. The van der Waals surface area contributed by atoms with E-state index in [1.54, 1.807) is 16.4 Å². The average molecular weight is 403 g/mol. The molecule has 0 saturated carbocycles. The van der Waals surface area contributed by atoms with E-state index in [1.807, 2.05) is 36.4 Å². The third-order valence-electron chi connectivity index (χ3n) is 4.91. The standard InChI is InChI=1S/C20H22N2O3S2/c1-2-15-7-9-17(10-8-15)27(23,24)22-13-11-16(12-14-22)25-20-21-18-5-3-4-6-19(18)26-20/h3-10,16H,2,11-14H2,1H3. The molecule has 3 aromatic rings. The van der Waals surface area contributed by atoms with E-state index in [1.165, 1.54) is 11.3 Å². The van der Waals surface area contributed by atoms with E-state index >= 15 is 0 Å². The van der Waals surface area contributed by atoms with Crippen LogP contribution in [0.1, 0.15) is 25.3 Å². The summed E-state index contributed by atoms with van der Waals surface area (Å²) in [6.07, 6.45) is 2.23. The number of thiazole rings is 1. The van der Waals surface area contributed by atoms with Gasteiger partial charge in [-0.15, -0.1) is 0 Å². The number of benzene rings is 2. The highest BCUT2D eigenvalue weighted by Gasteiger charge is 2.30. The van der Waals surface area contributed by atoms with Crippen molar-refractivity contribution >= 4 is 31.6 Å². The maximum absolute atomic E-state index is 12.8. The zero-order valence-corrected chi connectivity index (χ0v) is 16.8. The summed E-state index contributed by atoms with van der Waals surface area (Å²) >= 11 is 1.53. The highest BCUT2D eigenvalue weighted by Crippen LogP contribution is 2.30. The monoisotopic (exact) mass is 402 g/mol. The van der Waals surface area contributed by atoms with E-state index in [-0.39, 0.29) is 6.10 Å². The molecule has 142 valence electrons. The molecule has 0 amide bonds. The Bertz CT molecular complexity index is 988. The summed E-state index contributed by atoms with van der Waals surface area (Å²) in [6, 6.07) is 15.1. The fourth-order valence-corrected chi connectivity index (χ4v) is 5.63. The van der Waals surface area contributed by atoms with Crippen LogP contribution in [0.25, 0.3) is 10.2 Å². The Morgan fingerprint density at radius 2 is 1.81 bits per heavy atom. The Morgan fingerprint density at radius 1 is 1.11 bits per heavy atom. The van der Waals surface area contributed by atoms with Gasteiger partial charge in [-0.05, 0) is 49.1 Å². The van der Waals surface area contributed by atoms with Gasteiger partial charge in [0.25, 0.3) is 5.19 Å². The Kier molecular flexibility index (Phi) is 5.16. The van der Waals surface area contributed by atoms with Crippen molar-refractivity contribution in [3.63, 3.8) is 0 Å². The van der Waals surface area contributed by atoms with Gasteiger partial charge >= 0.3 is 0 Å². The Morgan fingerprint density at radius 3 is 2.48 bits per heavy atom. The van der Waals surface area contributed by atoms with Gasteiger partial charge in [0.2, 0.25) is 10.0 Å². The lowest BCUT2D eigenvalue weighted by atomic mass is 10.1. The van der Waals surface area contributed by atoms with Crippen molar-refractivity contribution in [2.45, 2.75) is 37.2 Å². The fraction of sp³-hybridized carbons (Fsp3) is 0.350. The molecule has 1 aliphatic rings. The molecule has 1 aliphatic heterocycles. The molecule has 0 N–H and O–H groups in total. The molecule has 0 atom stereocenters. The van der Waals surface area contributed by atoms with Gasteiger partial charge in [-0.2, -0.15) is 4.31 Å². The zero-order valence-electron chi connectivity index (χ0n) is 15.2. The Labute approximate surface area is 163 Å². The lowest BCUT2D eigenvalue weighted by Crippen LogP contribution is -2.41. The maximum atomic E-state index is 12.8. The molecular weight excluding hydrogens is 380 g/mol. The van der Waals surface area contributed by atoms with Crippen LogP contribution in [0.3, 0.4) is 0 Å². The van der Waals surface area contributed by atoms with Gasteiger partial charge in [0.1, 0.15) is 6.10 Å². The highest BCUT2D eigenvalue weighted by molar-refractivity contribution is 7.89. The van der Waals surface area contributed by atoms with Crippen LogP contribution >= 0.6 is 11.3 Å². The molecule has 0 radical (unpaired) electrons. The molecule has 1 saturated heterocycles. The SMILES string of the molecule is CCc1ccc(S(=O)(=O)N2CCC(Oc3nc4ccccc4s3)CC2)cc1. The van der Waals surface area contributed by atoms with Crippen LogP contribution in [0.15, 0.2) is 53.4 Å². The number of hydrogen-bond donors (Lipinski definition) is 0. The van der Waals surface area contributed by atoms with E-state index in [4.69, 9.17) is 4.74 Å². The van der Waals surface area contributed by atoms with Crippen LogP contribution in [0.4, 0.5) is 0 Å². The summed E-state index contributed by atoms with van der Waals surface area (Å²) in [5.74, 6) is 0. The van der Waals surface area contributed by atoms with Crippen LogP contribution < -0.4 is 4.74 Å². The largest absolute Gasteiger partial charge is 0.467 e. The second kappa shape index (κ2) is 7.58. The van der Waals surface area contributed by atoms with E-state index in [0.29, 0.717) is 36.0 Å². The lowest BCUT2D eigenvalue weighted by Gasteiger charge is -2.30. The Hall–Kier alpha value is -1.96. The molecule has 2 heterocycles. The number of aromatic nitrogens is 1. The van der Waals surface area contributed by atoms with Crippen molar-refractivity contribution in [2.24, 2.45) is 0 Å². The second-order valence-electron chi connectivity index (χ2n) is 6.67. The van der Waals surface area contributed by atoms with Crippen LogP contribution in [0.5, 0.6) is 5.19 Å². The minimum absolute atomic E-state index is 0.000482. The number of sulfonamides is 1. The summed E-state index contributed by atoms with van der Waals surface area (Å²) in [4.78, 5) is 4.87. The summed E-state index contributed by atoms with van der Waals surface area (Å²) in [5, 5.41) is 0.660. The molecule has 0 spiro atoms. The molecule has 5 nitrogen and oxygen atoms in total. The normalized spacial score (nSPS) is 16.6. The summed E-state index contributed by atoms with van der Waals surface area (Å²) in [6.45, 7) is 2.99. The van der Waals surface area contributed by atoms with E-state index in [0.717, 1.165) is 22.2 Å². The molecule has 0 aliphatic carbocycles. The molecule has 27 heavy (non-hydrogen) atoms. The number of nitrogens with zero attached hydrogens (tertiary/aromatic N) is 2. The van der Waals surface area contributed by atoms with Gasteiger partial charge in [-0.1, -0.05) is 42.5 Å². The number of aryl methyl sites for hydroxylation is 1. The van der Waals surface area contributed by atoms with E-state index in [9.17, 15) is 8.42 Å². The third-order valence-corrected chi connectivity index (χ3v) is 7.75. The first-order valence-electron chi connectivity index (χ1n) is 9.17. The van der Waals surface area contributed by atoms with Gasteiger partial charge in [0.05, 0.1) is 15.1 Å². The van der Waals surface area contributed by atoms with Crippen molar-refractivity contribution < 1.29 is 13.2 Å². The lowest BCUT2D eigenvalue weighted by molar-refractivity contribution is 0.135. The molecule has 0 unspecified atom stereocenters. The molecular formula is C20H22N2O3S2. The third kappa shape index (κ3) is 3.85. The first kappa shape index (κ1) is 18.4. The fourth-order valence-electron chi connectivity index (χ4n) is 3.28. The number of piperidine rings is 1. The van der Waals surface area contributed by atoms with Crippen molar-refractivity contribution in [3.8, 4) is 5.19 Å². The van der Waals surface area contributed by atoms with Gasteiger partial charge in [0.15, 0.2) is 0 Å². The van der Waals surface area contributed by atoms with Gasteiger partial charge in [-0.3, -0.25) is 0 Å². The predicted octanol–water partition coefficient (Wildman–Crippen LogP) is 4.09. The maximum Gasteiger partial charge on any atom is 0.274 e. The number of rotatable bonds is 5. The summed E-state index contributed by atoms with van der Waals surface area (Å²) < 4.78 is 34.4. The Balaban J connectivity index is 1.40. The number of hydrogen-bond acceptors (Lipinski definition) is 5. The van der Waals surface area contributed by atoms with Gasteiger partial charge in [0, 0.05) is 13.1 Å². The first-order valence-corrected chi connectivity index (χ1v) is 11.4. The summed E-state index contributed by atoms with van der Waals surface area (Å²) in [7, 11) is -3.44. The van der Waals surface area contributed by atoms with Crippen LogP contribution in [0, 0.1) is 0 Å². The minimum Gasteiger partial charge on any atom is -0.467 e. The van der Waals surface area contributed by atoms with Gasteiger partial charge in [-0.25, -0.2) is 13.4 Å². The predicted molar refractivity (Wildman–Crippen MR) is 108 cm³/mol. The van der Waals surface area contributed by atoms with Crippen molar-refractivity contribution in [1.29, 1.82) is 0 Å². The molecule has 2 aromatic carbocycles. The smallest absolute Gasteiger partial charge is 0.274 e. The van der Waals surface area contributed by atoms with E-state index < -0.39 is 10.0 Å². The average Bonchev–Trinajstić information content (AvgIpc) is 3.10. The highest BCUT2D eigenvalue weighted by atomic mass is 32.2. The molecule has 1 aromatic heterocycles. The molecule has 1 fully saturated rings. The van der Waals surface area contributed by atoms with Crippen LogP contribution in [-0.2, 0) is 16.4 Å². The first-order chi connectivity index (χ1) is 13.1. The topological polar surface area (TPSA) is 59.5 Å². The number of para-hydroxylation sites is 1. The van der Waals surface area contributed by atoms with Crippen molar-refractivity contribution in [1.82, 2.24) is 9.29 Å². The van der Waals surface area contributed by atoms with E-state index in [2.05, 4.69) is 11.9 Å².